The Kier molecular flexibility index (Phi) is 3.65. The lowest BCUT2D eigenvalue weighted by Gasteiger charge is -2.07. The van der Waals surface area contributed by atoms with Crippen LogP contribution < -0.4 is 0 Å². The first kappa shape index (κ1) is 13.7. The molecule has 3 aromatic rings. The van der Waals surface area contributed by atoms with E-state index in [1.54, 1.807) is 12.1 Å². The van der Waals surface area contributed by atoms with E-state index in [4.69, 9.17) is 0 Å². The summed E-state index contributed by atoms with van der Waals surface area (Å²) in [5, 5.41) is 11.5. The Morgan fingerprint density at radius 1 is 1.05 bits per heavy atom. The first-order valence-electron chi connectivity index (χ1n) is 7.46. The summed E-state index contributed by atoms with van der Waals surface area (Å²) in [4.78, 5) is 11.2. The molecule has 0 aliphatic rings. The second-order valence-corrected chi connectivity index (χ2v) is 5.41. The summed E-state index contributed by atoms with van der Waals surface area (Å²) in [5.74, 6) is -0.873. The molecule has 1 N–H and O–H groups in total. The Morgan fingerprint density at radius 3 is 2.57 bits per heavy atom. The minimum absolute atomic E-state index is 0.349. The highest BCUT2D eigenvalue weighted by molar-refractivity contribution is 6.09. The number of carboxylic acid groups (broad SMARTS) is 1. The molecule has 0 spiro atoms. The summed E-state index contributed by atoms with van der Waals surface area (Å²) in [6.07, 6.45) is 3.48. The molecule has 0 atom stereocenters. The van der Waals surface area contributed by atoms with E-state index in [2.05, 4.69) is 23.6 Å². The molecule has 0 aliphatic carbocycles. The van der Waals surface area contributed by atoms with Crippen LogP contribution in [0.3, 0.4) is 0 Å². The lowest BCUT2D eigenvalue weighted by Crippen LogP contribution is -2.00. The zero-order valence-electron chi connectivity index (χ0n) is 12.2. The molecule has 0 fully saturated rings. The average Bonchev–Trinajstić information content (AvgIpc) is 2.81. The summed E-state index contributed by atoms with van der Waals surface area (Å²) in [5.41, 5.74) is 2.56. The zero-order chi connectivity index (χ0) is 14.8. The fourth-order valence-electron chi connectivity index (χ4n) is 2.94. The molecule has 3 nitrogen and oxygen atoms in total. The van der Waals surface area contributed by atoms with E-state index < -0.39 is 5.97 Å². The van der Waals surface area contributed by atoms with Gasteiger partial charge in [0, 0.05) is 28.4 Å². The summed E-state index contributed by atoms with van der Waals surface area (Å²) >= 11 is 0. The van der Waals surface area contributed by atoms with Gasteiger partial charge in [-0.05, 0) is 24.6 Å². The lowest BCUT2D eigenvalue weighted by molar-refractivity contribution is 0.0697. The molecule has 3 heteroatoms. The van der Waals surface area contributed by atoms with Crippen LogP contribution in [0.25, 0.3) is 21.8 Å². The number of hydrogen-bond donors (Lipinski definition) is 1. The number of aromatic nitrogens is 1. The molecular weight excluding hydrogens is 262 g/mol. The van der Waals surface area contributed by atoms with E-state index in [0.717, 1.165) is 23.9 Å². The van der Waals surface area contributed by atoms with Crippen LogP contribution in [0.5, 0.6) is 0 Å². The van der Waals surface area contributed by atoms with Gasteiger partial charge >= 0.3 is 5.97 Å². The molecule has 21 heavy (non-hydrogen) atoms. The first-order valence-corrected chi connectivity index (χ1v) is 7.46. The Labute approximate surface area is 123 Å². The van der Waals surface area contributed by atoms with Gasteiger partial charge in [0.05, 0.1) is 5.56 Å². The van der Waals surface area contributed by atoms with Crippen LogP contribution in [0.15, 0.2) is 42.5 Å². The third-order valence-electron chi connectivity index (χ3n) is 4.01. The van der Waals surface area contributed by atoms with Crippen molar-refractivity contribution < 1.29 is 9.90 Å². The van der Waals surface area contributed by atoms with Crippen LogP contribution in [-0.2, 0) is 6.54 Å². The Bertz CT molecular complexity index is 801. The third-order valence-corrected chi connectivity index (χ3v) is 4.01. The highest BCUT2D eigenvalue weighted by Crippen LogP contribution is 2.30. The van der Waals surface area contributed by atoms with Gasteiger partial charge in [0.1, 0.15) is 0 Å². The summed E-state index contributed by atoms with van der Waals surface area (Å²) in [6.45, 7) is 3.12. The molecule has 1 heterocycles. The largest absolute Gasteiger partial charge is 0.478 e. The highest BCUT2D eigenvalue weighted by Gasteiger charge is 2.12. The van der Waals surface area contributed by atoms with Crippen LogP contribution >= 0.6 is 0 Å². The Balaban J connectivity index is 2.22. The van der Waals surface area contributed by atoms with Gasteiger partial charge < -0.3 is 9.67 Å². The molecule has 0 saturated carbocycles. The summed E-state index contributed by atoms with van der Waals surface area (Å²) < 4.78 is 2.26. The fourth-order valence-corrected chi connectivity index (χ4v) is 2.94. The topological polar surface area (TPSA) is 42.2 Å². The number of aromatic carboxylic acids is 1. The maximum Gasteiger partial charge on any atom is 0.335 e. The molecule has 0 amide bonds. The predicted molar refractivity (Wildman–Crippen MR) is 85.9 cm³/mol. The van der Waals surface area contributed by atoms with Gasteiger partial charge in [-0.1, -0.05) is 44.0 Å². The molecule has 0 saturated heterocycles. The van der Waals surface area contributed by atoms with E-state index in [1.807, 2.05) is 18.2 Å². The SMILES string of the molecule is CCCCCn1c2ccccc2c2ccc(C(=O)O)cc21. The van der Waals surface area contributed by atoms with Crippen molar-refractivity contribution >= 4 is 27.8 Å². The van der Waals surface area contributed by atoms with Gasteiger partial charge in [0.15, 0.2) is 0 Å². The van der Waals surface area contributed by atoms with E-state index in [1.165, 1.54) is 23.7 Å². The summed E-state index contributed by atoms with van der Waals surface area (Å²) in [6, 6.07) is 13.7. The van der Waals surface area contributed by atoms with Crippen LogP contribution in [0.1, 0.15) is 36.5 Å². The molecule has 0 bridgehead atoms. The van der Waals surface area contributed by atoms with Gasteiger partial charge in [-0.3, -0.25) is 0 Å². The standard InChI is InChI=1S/C18H19NO2/c1-2-3-6-11-19-16-8-5-4-7-14(16)15-10-9-13(18(20)21)12-17(15)19/h4-5,7-10,12H,2-3,6,11H2,1H3,(H,20,21). The quantitative estimate of drug-likeness (QED) is 0.690. The molecule has 0 radical (unpaired) electrons. The molecule has 0 aliphatic heterocycles. The minimum Gasteiger partial charge on any atom is -0.478 e. The normalized spacial score (nSPS) is 11.3. The molecule has 2 aromatic carbocycles. The number of hydrogen-bond acceptors (Lipinski definition) is 1. The number of fused-ring (bicyclic) bond motifs is 3. The second-order valence-electron chi connectivity index (χ2n) is 5.41. The number of nitrogens with zero attached hydrogens (tertiary/aromatic N) is 1. The van der Waals surface area contributed by atoms with Crippen molar-refractivity contribution in [2.75, 3.05) is 0 Å². The van der Waals surface area contributed by atoms with Gasteiger partial charge in [-0.15, -0.1) is 0 Å². The van der Waals surface area contributed by atoms with Crippen molar-refractivity contribution in [3.63, 3.8) is 0 Å². The van der Waals surface area contributed by atoms with Crippen molar-refractivity contribution in [2.24, 2.45) is 0 Å². The van der Waals surface area contributed by atoms with Gasteiger partial charge in [-0.2, -0.15) is 0 Å². The van der Waals surface area contributed by atoms with E-state index >= 15 is 0 Å². The number of aryl methyl sites for hydroxylation is 1. The maximum atomic E-state index is 11.2. The Morgan fingerprint density at radius 2 is 1.81 bits per heavy atom. The van der Waals surface area contributed by atoms with Crippen molar-refractivity contribution in [3.8, 4) is 0 Å². The third kappa shape index (κ3) is 2.40. The fraction of sp³-hybridized carbons (Fsp3) is 0.278. The van der Waals surface area contributed by atoms with Gasteiger partial charge in [0.2, 0.25) is 0 Å². The predicted octanol–water partition coefficient (Wildman–Crippen LogP) is 4.68. The number of rotatable bonds is 5. The molecular formula is C18H19NO2. The number of benzene rings is 2. The summed E-state index contributed by atoms with van der Waals surface area (Å²) in [7, 11) is 0. The zero-order valence-corrected chi connectivity index (χ0v) is 12.2. The monoisotopic (exact) mass is 281 g/mol. The lowest BCUT2D eigenvalue weighted by atomic mass is 10.1. The van der Waals surface area contributed by atoms with E-state index in [0.29, 0.717) is 5.56 Å². The maximum absolute atomic E-state index is 11.2. The molecule has 0 unspecified atom stereocenters. The van der Waals surface area contributed by atoms with Crippen molar-refractivity contribution in [3.05, 3.63) is 48.0 Å². The minimum atomic E-state index is -0.873. The van der Waals surface area contributed by atoms with Crippen LogP contribution in [0, 0.1) is 0 Å². The van der Waals surface area contributed by atoms with Crippen LogP contribution in [-0.4, -0.2) is 15.6 Å². The van der Waals surface area contributed by atoms with Crippen molar-refractivity contribution in [1.82, 2.24) is 4.57 Å². The number of para-hydroxylation sites is 1. The molecule has 1 aromatic heterocycles. The van der Waals surface area contributed by atoms with Gasteiger partial charge in [0.25, 0.3) is 0 Å². The van der Waals surface area contributed by atoms with Gasteiger partial charge in [-0.25, -0.2) is 4.79 Å². The van der Waals surface area contributed by atoms with E-state index in [-0.39, 0.29) is 0 Å². The Hall–Kier alpha value is -2.29. The van der Waals surface area contributed by atoms with Crippen molar-refractivity contribution in [2.45, 2.75) is 32.7 Å². The first-order chi connectivity index (χ1) is 10.2. The highest BCUT2D eigenvalue weighted by atomic mass is 16.4. The number of unbranched alkanes of at least 4 members (excludes halogenated alkanes) is 2. The van der Waals surface area contributed by atoms with Crippen LogP contribution in [0.4, 0.5) is 0 Å². The van der Waals surface area contributed by atoms with E-state index in [9.17, 15) is 9.90 Å². The molecule has 3 rings (SSSR count). The number of carbonyl (C=O) groups is 1. The average molecular weight is 281 g/mol. The smallest absolute Gasteiger partial charge is 0.335 e. The van der Waals surface area contributed by atoms with Crippen LogP contribution in [0.2, 0.25) is 0 Å². The van der Waals surface area contributed by atoms with Crippen molar-refractivity contribution in [1.29, 1.82) is 0 Å². The molecule has 108 valence electrons. The number of carboxylic acids is 1. The second kappa shape index (κ2) is 5.60.